The van der Waals surface area contributed by atoms with Crippen molar-refractivity contribution in [1.29, 1.82) is 0 Å². The van der Waals surface area contributed by atoms with Crippen molar-refractivity contribution >= 4 is 5.97 Å². The van der Waals surface area contributed by atoms with Crippen LogP contribution < -0.4 is 4.74 Å². The van der Waals surface area contributed by atoms with E-state index < -0.39 is 12.1 Å². The molecule has 1 unspecified atom stereocenters. The Hall–Kier alpha value is -1.94. The molecule has 158 valence electrons. The summed E-state index contributed by atoms with van der Waals surface area (Å²) >= 11 is 0. The lowest BCUT2D eigenvalue weighted by Crippen LogP contribution is -2.32. The number of carboxylic acids is 1. The largest absolute Gasteiger partial charge is 0.490 e. The van der Waals surface area contributed by atoms with E-state index >= 15 is 0 Å². The number of carboxylic acid groups (broad SMARTS) is 1. The van der Waals surface area contributed by atoms with Crippen LogP contribution in [0.25, 0.3) is 0 Å². The Bertz CT molecular complexity index is 649. The molecule has 2 aliphatic heterocycles. The highest BCUT2D eigenvalue weighted by atomic mass is 19.4. The maximum absolute atomic E-state index is 10.6. The normalized spacial score (nSPS) is 20.1. The molecule has 28 heavy (non-hydrogen) atoms. The van der Waals surface area contributed by atoms with Crippen LogP contribution in [0.4, 0.5) is 13.2 Å². The Morgan fingerprint density at radius 2 is 2.04 bits per heavy atom. The van der Waals surface area contributed by atoms with Crippen LogP contribution in [0, 0.1) is 5.92 Å². The molecule has 3 rings (SSSR count). The molecule has 0 spiro atoms. The molecule has 2 aliphatic rings. The van der Waals surface area contributed by atoms with E-state index in [1.807, 2.05) is 13.8 Å². The number of hydrogen-bond acceptors (Lipinski definition) is 6. The van der Waals surface area contributed by atoms with Gasteiger partial charge < -0.3 is 19.5 Å². The lowest BCUT2D eigenvalue weighted by molar-refractivity contribution is -0.192. The van der Waals surface area contributed by atoms with Crippen molar-refractivity contribution in [3.8, 4) is 5.88 Å². The SMILES string of the molecule is CC(C)Oc1ncnc2c1CCN(CC1CCOC1)CC2.O=C(O)C(F)(F)F. The molecule has 1 fully saturated rings. The van der Waals surface area contributed by atoms with Crippen molar-refractivity contribution in [2.24, 2.45) is 5.92 Å². The Morgan fingerprint density at radius 1 is 1.36 bits per heavy atom. The van der Waals surface area contributed by atoms with E-state index in [9.17, 15) is 13.2 Å². The van der Waals surface area contributed by atoms with Crippen LogP contribution in [0.2, 0.25) is 0 Å². The fourth-order valence-electron chi connectivity index (χ4n) is 3.14. The summed E-state index contributed by atoms with van der Waals surface area (Å²) in [6.07, 6.45) is -0.132. The van der Waals surface area contributed by atoms with Gasteiger partial charge in [-0.3, -0.25) is 0 Å². The Labute approximate surface area is 161 Å². The van der Waals surface area contributed by atoms with Gasteiger partial charge in [0.2, 0.25) is 5.88 Å². The van der Waals surface area contributed by atoms with Gasteiger partial charge in [-0.1, -0.05) is 0 Å². The molecular formula is C18H26F3N3O4. The molecule has 1 N–H and O–H groups in total. The summed E-state index contributed by atoms with van der Waals surface area (Å²) < 4.78 is 43.1. The Morgan fingerprint density at radius 3 is 2.61 bits per heavy atom. The molecule has 0 aliphatic carbocycles. The van der Waals surface area contributed by atoms with E-state index in [1.54, 1.807) is 6.33 Å². The highest BCUT2D eigenvalue weighted by Crippen LogP contribution is 2.24. The number of aromatic nitrogens is 2. The predicted molar refractivity (Wildman–Crippen MR) is 94.3 cm³/mol. The minimum Gasteiger partial charge on any atom is -0.475 e. The molecule has 0 bridgehead atoms. The van der Waals surface area contributed by atoms with Gasteiger partial charge in [0.05, 0.1) is 18.4 Å². The van der Waals surface area contributed by atoms with Gasteiger partial charge in [-0.05, 0) is 32.6 Å². The standard InChI is InChI=1S/C16H25N3O2.C2HF3O2/c1-12(2)21-16-14-3-6-19(9-13-5-8-20-10-13)7-4-15(14)17-11-18-16;3-2(4,5)1(6)7/h11-13H,3-10H2,1-2H3;(H,6,7). The highest BCUT2D eigenvalue weighted by Gasteiger charge is 2.38. The van der Waals surface area contributed by atoms with Gasteiger partial charge in [0.15, 0.2) is 0 Å². The maximum atomic E-state index is 10.6. The molecule has 1 saturated heterocycles. The zero-order valence-corrected chi connectivity index (χ0v) is 16.0. The maximum Gasteiger partial charge on any atom is 0.490 e. The van der Waals surface area contributed by atoms with Crippen LogP contribution in [-0.4, -0.2) is 71.1 Å². The van der Waals surface area contributed by atoms with Crippen molar-refractivity contribution in [2.75, 3.05) is 32.8 Å². The number of rotatable bonds is 4. The Balaban J connectivity index is 0.000000345. The third-order valence-corrected chi connectivity index (χ3v) is 4.47. The summed E-state index contributed by atoms with van der Waals surface area (Å²) in [4.78, 5) is 20.2. The van der Waals surface area contributed by atoms with Crippen LogP contribution in [0.3, 0.4) is 0 Å². The molecule has 0 aromatic carbocycles. The van der Waals surface area contributed by atoms with Gasteiger partial charge >= 0.3 is 12.1 Å². The smallest absolute Gasteiger partial charge is 0.475 e. The van der Waals surface area contributed by atoms with Crippen molar-refractivity contribution in [3.05, 3.63) is 17.6 Å². The van der Waals surface area contributed by atoms with Crippen LogP contribution in [-0.2, 0) is 22.4 Å². The van der Waals surface area contributed by atoms with E-state index in [-0.39, 0.29) is 6.10 Å². The van der Waals surface area contributed by atoms with E-state index in [0.717, 1.165) is 57.3 Å². The summed E-state index contributed by atoms with van der Waals surface area (Å²) in [6.45, 7) is 9.20. The third kappa shape index (κ3) is 6.90. The summed E-state index contributed by atoms with van der Waals surface area (Å²) in [7, 11) is 0. The predicted octanol–water partition coefficient (Wildman–Crippen LogP) is 2.33. The second-order valence-electron chi connectivity index (χ2n) is 7.10. The average molecular weight is 405 g/mol. The quantitative estimate of drug-likeness (QED) is 0.823. The first-order valence-electron chi connectivity index (χ1n) is 9.26. The number of aliphatic carboxylic acids is 1. The van der Waals surface area contributed by atoms with Gasteiger partial charge in [0.1, 0.15) is 6.33 Å². The van der Waals surface area contributed by atoms with E-state index in [4.69, 9.17) is 19.4 Å². The van der Waals surface area contributed by atoms with Gasteiger partial charge in [0.25, 0.3) is 0 Å². The minimum atomic E-state index is -5.08. The van der Waals surface area contributed by atoms with Crippen LogP contribution >= 0.6 is 0 Å². The van der Waals surface area contributed by atoms with E-state index in [2.05, 4.69) is 14.9 Å². The van der Waals surface area contributed by atoms with Gasteiger partial charge in [-0.25, -0.2) is 14.8 Å². The summed E-state index contributed by atoms with van der Waals surface area (Å²) in [6, 6.07) is 0. The molecule has 0 amide bonds. The second kappa shape index (κ2) is 10.0. The molecule has 7 nitrogen and oxygen atoms in total. The van der Waals surface area contributed by atoms with Gasteiger partial charge in [0, 0.05) is 38.2 Å². The van der Waals surface area contributed by atoms with Crippen LogP contribution in [0.1, 0.15) is 31.5 Å². The first kappa shape index (κ1) is 22.4. The van der Waals surface area contributed by atoms with Crippen LogP contribution in [0.5, 0.6) is 5.88 Å². The average Bonchev–Trinajstić information content (AvgIpc) is 3.01. The van der Waals surface area contributed by atoms with Crippen molar-refractivity contribution in [1.82, 2.24) is 14.9 Å². The fraction of sp³-hybridized carbons (Fsp3) is 0.722. The number of fused-ring (bicyclic) bond motifs is 1. The number of ether oxygens (including phenoxy) is 2. The molecule has 1 aromatic rings. The van der Waals surface area contributed by atoms with Crippen molar-refractivity contribution in [3.63, 3.8) is 0 Å². The third-order valence-electron chi connectivity index (χ3n) is 4.47. The molecule has 1 aromatic heterocycles. The first-order valence-corrected chi connectivity index (χ1v) is 9.26. The monoisotopic (exact) mass is 405 g/mol. The number of nitrogens with zero attached hydrogens (tertiary/aromatic N) is 3. The molecule has 10 heteroatoms. The highest BCUT2D eigenvalue weighted by molar-refractivity contribution is 5.73. The first-order chi connectivity index (χ1) is 13.2. The molecule has 0 radical (unpaired) electrons. The molecule has 0 saturated carbocycles. The minimum absolute atomic E-state index is 0.152. The molecular weight excluding hydrogens is 379 g/mol. The zero-order chi connectivity index (χ0) is 20.7. The molecule has 3 heterocycles. The summed E-state index contributed by atoms with van der Waals surface area (Å²) in [5.41, 5.74) is 2.36. The number of halogens is 3. The second-order valence-corrected chi connectivity index (χ2v) is 7.10. The molecule has 1 atom stereocenters. The Kier molecular flexibility index (Phi) is 7.99. The topological polar surface area (TPSA) is 84.8 Å². The van der Waals surface area contributed by atoms with Crippen LogP contribution in [0.15, 0.2) is 6.33 Å². The fourth-order valence-corrected chi connectivity index (χ4v) is 3.14. The number of hydrogen-bond donors (Lipinski definition) is 1. The van der Waals surface area contributed by atoms with Crippen molar-refractivity contribution in [2.45, 2.75) is 45.4 Å². The van der Waals surface area contributed by atoms with E-state index in [0.29, 0.717) is 5.92 Å². The lowest BCUT2D eigenvalue weighted by atomic mass is 10.1. The summed E-state index contributed by atoms with van der Waals surface area (Å²) in [5, 5.41) is 7.12. The number of alkyl halides is 3. The van der Waals surface area contributed by atoms with Crippen molar-refractivity contribution < 1.29 is 32.5 Å². The van der Waals surface area contributed by atoms with E-state index in [1.165, 1.54) is 12.0 Å². The lowest BCUT2D eigenvalue weighted by Gasteiger charge is -2.22. The zero-order valence-electron chi connectivity index (χ0n) is 16.0. The van der Waals surface area contributed by atoms with Gasteiger partial charge in [-0.15, -0.1) is 0 Å². The number of carbonyl (C=O) groups is 1. The van der Waals surface area contributed by atoms with Gasteiger partial charge in [-0.2, -0.15) is 13.2 Å². The summed E-state index contributed by atoms with van der Waals surface area (Å²) in [5.74, 6) is -1.28.